The maximum Gasteiger partial charge on any atom is 0.261 e. The van der Waals surface area contributed by atoms with Crippen LogP contribution in [0, 0.1) is 0 Å². The number of thiocarbonyl (C=S) groups is 1. The zero-order valence-electron chi connectivity index (χ0n) is 19.6. The minimum absolute atomic E-state index is 0.200. The minimum atomic E-state index is -0.315. The lowest BCUT2D eigenvalue weighted by Crippen LogP contribution is -2.34. The van der Waals surface area contributed by atoms with E-state index in [0.717, 1.165) is 32.1 Å². The lowest BCUT2D eigenvalue weighted by Gasteiger charge is -2.15. The number of ether oxygens (including phenoxy) is 2. The van der Waals surface area contributed by atoms with E-state index in [1.54, 1.807) is 12.1 Å². The molecule has 3 aromatic rings. The monoisotopic (exact) mass is 476 g/mol. The molecule has 34 heavy (non-hydrogen) atoms. The van der Waals surface area contributed by atoms with E-state index >= 15 is 0 Å². The SMILES string of the molecule is CCCCCOc1ccccc1C(=O)NC(=S)Nc1ccccc1OCCCc1ccccc1. The fourth-order valence-corrected chi connectivity index (χ4v) is 3.64. The van der Waals surface area contributed by atoms with E-state index < -0.39 is 0 Å². The van der Waals surface area contributed by atoms with Crippen molar-refractivity contribution in [2.45, 2.75) is 39.0 Å². The summed E-state index contributed by atoms with van der Waals surface area (Å²) < 4.78 is 11.8. The van der Waals surface area contributed by atoms with Gasteiger partial charge < -0.3 is 14.8 Å². The van der Waals surface area contributed by atoms with Gasteiger partial charge in [-0.2, -0.15) is 0 Å². The molecule has 0 unspecified atom stereocenters. The molecule has 3 rings (SSSR count). The van der Waals surface area contributed by atoms with Crippen molar-refractivity contribution in [3.05, 3.63) is 90.0 Å². The van der Waals surface area contributed by atoms with Crippen LogP contribution in [-0.2, 0) is 6.42 Å². The molecule has 1 amide bonds. The summed E-state index contributed by atoms with van der Waals surface area (Å²) in [6.07, 6.45) is 5.01. The highest BCUT2D eigenvalue weighted by Gasteiger charge is 2.14. The number of aryl methyl sites for hydroxylation is 1. The van der Waals surface area contributed by atoms with Gasteiger partial charge in [-0.1, -0.05) is 74.4 Å². The summed E-state index contributed by atoms with van der Waals surface area (Å²) in [7, 11) is 0. The maximum absolute atomic E-state index is 12.8. The molecule has 0 bridgehead atoms. The molecule has 0 radical (unpaired) electrons. The summed E-state index contributed by atoms with van der Waals surface area (Å²) in [5, 5.41) is 6.03. The molecule has 178 valence electrons. The lowest BCUT2D eigenvalue weighted by molar-refractivity contribution is 0.0973. The second kappa shape index (κ2) is 14.0. The number of para-hydroxylation sites is 3. The van der Waals surface area contributed by atoms with Crippen molar-refractivity contribution in [3.8, 4) is 11.5 Å². The number of rotatable bonds is 12. The summed E-state index contributed by atoms with van der Waals surface area (Å²) in [6.45, 7) is 3.30. The Labute approximate surface area is 207 Å². The Hall–Kier alpha value is -3.38. The van der Waals surface area contributed by atoms with E-state index in [9.17, 15) is 4.79 Å². The number of hydrogen-bond donors (Lipinski definition) is 2. The first-order chi connectivity index (χ1) is 16.7. The zero-order chi connectivity index (χ0) is 24.0. The second-order valence-electron chi connectivity index (χ2n) is 7.89. The molecule has 0 fully saturated rings. The Kier molecular flexibility index (Phi) is 10.4. The Morgan fingerprint density at radius 1 is 0.794 bits per heavy atom. The van der Waals surface area contributed by atoms with Gasteiger partial charge in [-0.15, -0.1) is 0 Å². The van der Waals surface area contributed by atoms with E-state index in [4.69, 9.17) is 21.7 Å². The van der Waals surface area contributed by atoms with Crippen LogP contribution in [0.25, 0.3) is 0 Å². The van der Waals surface area contributed by atoms with Crippen LogP contribution in [0.1, 0.15) is 48.5 Å². The van der Waals surface area contributed by atoms with E-state index in [2.05, 4.69) is 29.7 Å². The first kappa shape index (κ1) is 25.2. The number of carbonyl (C=O) groups is 1. The molecule has 0 aliphatic rings. The van der Waals surface area contributed by atoms with Crippen molar-refractivity contribution in [1.29, 1.82) is 0 Å². The summed E-state index contributed by atoms with van der Waals surface area (Å²) in [5.74, 6) is 0.928. The maximum atomic E-state index is 12.8. The highest BCUT2D eigenvalue weighted by Crippen LogP contribution is 2.24. The molecule has 5 nitrogen and oxygen atoms in total. The predicted octanol–water partition coefficient (Wildman–Crippen LogP) is 6.39. The molecule has 0 atom stereocenters. The van der Waals surface area contributed by atoms with Crippen LogP contribution in [0.4, 0.5) is 5.69 Å². The molecule has 0 aromatic heterocycles. The summed E-state index contributed by atoms with van der Waals surface area (Å²) in [5.41, 5.74) is 2.45. The molecule has 0 spiro atoms. The molecular formula is C28H32N2O3S. The van der Waals surface area contributed by atoms with E-state index in [1.807, 2.05) is 54.6 Å². The number of unbranched alkanes of at least 4 members (excludes halogenated alkanes) is 2. The Bertz CT molecular complexity index is 1060. The van der Waals surface area contributed by atoms with E-state index in [1.165, 1.54) is 5.56 Å². The fraction of sp³-hybridized carbons (Fsp3) is 0.286. The number of carbonyl (C=O) groups excluding carboxylic acids is 1. The molecule has 0 aliphatic carbocycles. The number of nitrogens with one attached hydrogen (secondary N) is 2. The van der Waals surface area contributed by atoms with Crippen molar-refractivity contribution in [3.63, 3.8) is 0 Å². The van der Waals surface area contributed by atoms with Gasteiger partial charge in [-0.05, 0) is 61.3 Å². The number of hydrogen-bond acceptors (Lipinski definition) is 4. The first-order valence-electron chi connectivity index (χ1n) is 11.8. The van der Waals surface area contributed by atoms with Gasteiger partial charge in [0.2, 0.25) is 0 Å². The molecule has 0 saturated carbocycles. The van der Waals surface area contributed by atoms with Gasteiger partial charge in [0.1, 0.15) is 11.5 Å². The van der Waals surface area contributed by atoms with Crippen LogP contribution >= 0.6 is 12.2 Å². The van der Waals surface area contributed by atoms with Crippen LogP contribution in [-0.4, -0.2) is 24.2 Å². The highest BCUT2D eigenvalue weighted by atomic mass is 32.1. The van der Waals surface area contributed by atoms with Crippen LogP contribution in [0.2, 0.25) is 0 Å². The third-order valence-corrected chi connectivity index (χ3v) is 5.41. The average Bonchev–Trinajstić information content (AvgIpc) is 2.86. The quantitative estimate of drug-likeness (QED) is 0.234. The van der Waals surface area contributed by atoms with Gasteiger partial charge in [0, 0.05) is 0 Å². The molecule has 6 heteroatoms. The summed E-state index contributed by atoms with van der Waals surface area (Å²) >= 11 is 5.40. The summed E-state index contributed by atoms with van der Waals surface area (Å²) in [6, 6.07) is 25.1. The van der Waals surface area contributed by atoms with Crippen LogP contribution in [0.5, 0.6) is 11.5 Å². The smallest absolute Gasteiger partial charge is 0.261 e. The van der Waals surface area contributed by atoms with E-state index in [-0.39, 0.29) is 11.0 Å². The third kappa shape index (κ3) is 8.19. The van der Waals surface area contributed by atoms with Gasteiger partial charge in [-0.3, -0.25) is 10.1 Å². The van der Waals surface area contributed by atoms with Crippen molar-refractivity contribution in [1.82, 2.24) is 5.32 Å². The fourth-order valence-electron chi connectivity index (χ4n) is 3.44. The Morgan fingerprint density at radius 2 is 1.44 bits per heavy atom. The topological polar surface area (TPSA) is 59.6 Å². The van der Waals surface area contributed by atoms with Gasteiger partial charge in [-0.25, -0.2) is 0 Å². The van der Waals surface area contributed by atoms with Crippen molar-refractivity contribution in [2.75, 3.05) is 18.5 Å². The molecule has 2 N–H and O–H groups in total. The number of amides is 1. The normalized spacial score (nSPS) is 10.4. The van der Waals surface area contributed by atoms with Crippen LogP contribution < -0.4 is 20.1 Å². The van der Waals surface area contributed by atoms with E-state index in [0.29, 0.717) is 36.0 Å². The molecule has 0 heterocycles. The average molecular weight is 477 g/mol. The predicted molar refractivity (Wildman–Crippen MR) is 142 cm³/mol. The zero-order valence-corrected chi connectivity index (χ0v) is 20.4. The summed E-state index contributed by atoms with van der Waals surface area (Å²) in [4.78, 5) is 12.8. The van der Waals surface area contributed by atoms with Crippen molar-refractivity contribution in [2.24, 2.45) is 0 Å². The molecular weight excluding hydrogens is 444 g/mol. The van der Waals surface area contributed by atoms with Gasteiger partial charge in [0.25, 0.3) is 5.91 Å². The number of anilines is 1. The Morgan fingerprint density at radius 3 is 2.24 bits per heavy atom. The van der Waals surface area contributed by atoms with Gasteiger partial charge >= 0.3 is 0 Å². The van der Waals surface area contributed by atoms with Crippen LogP contribution in [0.3, 0.4) is 0 Å². The standard InChI is InChI=1S/C28H32N2O3S/c1-2-3-11-20-32-25-18-9-7-16-23(25)27(31)30-28(34)29-24-17-8-10-19-26(24)33-21-12-15-22-13-5-4-6-14-22/h4-10,13-14,16-19H,2-3,11-12,15,20-21H2,1H3,(H2,29,30,31,34). The Balaban J connectivity index is 1.52. The molecule has 0 aliphatic heterocycles. The van der Waals surface area contributed by atoms with Gasteiger partial charge in [0.05, 0.1) is 24.5 Å². The van der Waals surface area contributed by atoms with Crippen molar-refractivity contribution < 1.29 is 14.3 Å². The molecule has 0 saturated heterocycles. The van der Waals surface area contributed by atoms with Crippen molar-refractivity contribution >= 4 is 28.9 Å². The van der Waals surface area contributed by atoms with Crippen LogP contribution in [0.15, 0.2) is 78.9 Å². The minimum Gasteiger partial charge on any atom is -0.493 e. The first-order valence-corrected chi connectivity index (χ1v) is 12.2. The largest absolute Gasteiger partial charge is 0.493 e. The van der Waals surface area contributed by atoms with Gasteiger partial charge in [0.15, 0.2) is 5.11 Å². The third-order valence-electron chi connectivity index (χ3n) is 5.21. The molecule has 3 aromatic carbocycles. The number of benzene rings is 3. The lowest BCUT2D eigenvalue weighted by atomic mass is 10.1. The second-order valence-corrected chi connectivity index (χ2v) is 8.30. The highest BCUT2D eigenvalue weighted by molar-refractivity contribution is 7.80.